The minimum Gasteiger partial charge on any atom is -0.466 e. The van der Waals surface area contributed by atoms with Crippen molar-refractivity contribution in [3.8, 4) is 44.0 Å². The zero-order valence-corrected chi connectivity index (χ0v) is 42.1. The number of hydrogen-bond donors (Lipinski definition) is 5. The van der Waals surface area contributed by atoms with Crippen LogP contribution in [0.25, 0.3) is 43.4 Å². The van der Waals surface area contributed by atoms with E-state index in [9.17, 15) is 15.3 Å². The molecule has 15 nitrogen and oxygen atoms in total. The van der Waals surface area contributed by atoms with Crippen LogP contribution in [0.15, 0.2) is 75.8 Å². The highest BCUT2D eigenvalue weighted by atomic mass is 127. The van der Waals surface area contributed by atoms with Crippen LogP contribution in [-0.2, 0) is 9.47 Å². The number of nitrogens with one attached hydrogen (secondary N) is 2. The van der Waals surface area contributed by atoms with E-state index in [0.29, 0.717) is 41.0 Å². The van der Waals surface area contributed by atoms with Gasteiger partial charge in [0.1, 0.15) is 32.9 Å². The number of rotatable bonds is 15. The lowest BCUT2D eigenvalue weighted by Crippen LogP contribution is -2.35. The largest absolute Gasteiger partial charge is 0.466 e. The van der Waals surface area contributed by atoms with Crippen LogP contribution < -0.4 is 20.1 Å². The SMILES string of the molecule is COCOc1ccc(-c2cccs2)nc1C.COCOc1ccc(I)nc1C.Cc1nc(NCC2CC2)nc(N[C@@H]2C[C@H](CO)[C@@H](O)[C@H]2O)c1-c1cc2cc(-c3cccs3)nc(C)c2o1.Cl. The van der Waals surface area contributed by atoms with Crippen molar-refractivity contribution < 1.29 is 38.7 Å². The normalized spacial score (nSPS) is 17.5. The van der Waals surface area contributed by atoms with Gasteiger partial charge in [-0.05, 0) is 135 Å². The first-order valence-corrected chi connectivity index (χ1v) is 24.0. The molecule has 2 saturated carbocycles. The van der Waals surface area contributed by atoms with Crippen molar-refractivity contribution in [1.82, 2.24) is 24.9 Å². The van der Waals surface area contributed by atoms with Gasteiger partial charge in [0.05, 0.1) is 61.6 Å². The first-order valence-electron chi connectivity index (χ1n) is 21.2. The van der Waals surface area contributed by atoms with Gasteiger partial charge in [-0.25, -0.2) is 19.9 Å². The van der Waals surface area contributed by atoms with Gasteiger partial charge >= 0.3 is 0 Å². The fourth-order valence-corrected chi connectivity index (χ4v) is 9.21. The molecule has 66 heavy (non-hydrogen) atoms. The molecule has 7 aromatic heterocycles. The van der Waals surface area contributed by atoms with E-state index in [1.807, 2.05) is 93.1 Å². The summed E-state index contributed by atoms with van der Waals surface area (Å²) in [5, 5.41) is 42.3. The van der Waals surface area contributed by atoms with E-state index >= 15 is 0 Å². The van der Waals surface area contributed by atoms with Gasteiger partial charge in [-0.15, -0.1) is 35.1 Å². The summed E-state index contributed by atoms with van der Waals surface area (Å²) in [5.41, 5.74) is 6.57. The lowest BCUT2D eigenvalue weighted by atomic mass is 10.1. The molecule has 0 spiro atoms. The molecule has 9 rings (SSSR count). The number of thiophene rings is 2. The van der Waals surface area contributed by atoms with E-state index in [1.165, 1.54) is 17.7 Å². The monoisotopic (exact) mass is 1070 g/mol. The second kappa shape index (κ2) is 24.0. The molecule has 0 radical (unpaired) electrons. The van der Waals surface area contributed by atoms with Crippen molar-refractivity contribution in [3.05, 3.63) is 97.9 Å². The van der Waals surface area contributed by atoms with Crippen molar-refractivity contribution in [1.29, 1.82) is 0 Å². The maximum absolute atomic E-state index is 10.7. The van der Waals surface area contributed by atoms with Crippen LogP contribution in [0.5, 0.6) is 11.5 Å². The third-order valence-electron chi connectivity index (χ3n) is 10.9. The summed E-state index contributed by atoms with van der Waals surface area (Å²) in [6.45, 7) is 8.83. The Labute approximate surface area is 411 Å². The standard InChI is InChI=1S/C27H31N5O4S.C12H13NO2S.C8H10INO2.ClH/c1-13-22(20-10-16-8-18(21-4-3-7-37-21)29-14(2)25(16)36-20)26(32-27(30-13)28-11-15-5-6-15)31-19-9-17(12-33)23(34)24(19)35;1-9-11(15-8-14-2)6-5-10(13-9)12-4-3-7-16-12;1-6-7(12-5-11-2)3-4-8(9)10-6;/h3-4,7-8,10,15,17,19,23-24,33-35H,5-6,9,11-12H2,1-2H3,(H2,28,30,31,32);3-7H,8H2,1-2H3;3-4H,5H2,1-2H3;1H/t17-,19-,23-,24+;;;/m1.../s1. The number of aromatic nitrogens is 5. The van der Waals surface area contributed by atoms with Crippen LogP contribution in [0.2, 0.25) is 0 Å². The van der Waals surface area contributed by atoms with Crippen LogP contribution in [0, 0.1) is 43.2 Å². The molecule has 0 amide bonds. The molecule has 0 saturated heterocycles. The zero-order valence-electron chi connectivity index (χ0n) is 37.5. The Balaban J connectivity index is 0.000000204. The number of furan rings is 1. The molecule has 0 bridgehead atoms. The fourth-order valence-electron chi connectivity index (χ4n) is 7.29. The fraction of sp³-hybridized carbons (Fsp3) is 0.383. The van der Waals surface area contributed by atoms with Gasteiger partial charge in [-0.2, -0.15) is 4.98 Å². The van der Waals surface area contributed by atoms with E-state index < -0.39 is 24.2 Å². The highest BCUT2D eigenvalue weighted by Crippen LogP contribution is 2.39. The molecular weight excluding hydrogens is 1020 g/mol. The predicted octanol–water partition coefficient (Wildman–Crippen LogP) is 9.47. The van der Waals surface area contributed by atoms with Crippen LogP contribution in [0.3, 0.4) is 0 Å². The molecule has 4 atom stereocenters. The minimum absolute atomic E-state index is 0. The summed E-state index contributed by atoms with van der Waals surface area (Å²) < 4.78 is 27.6. The summed E-state index contributed by atoms with van der Waals surface area (Å²) in [6.07, 6.45) is 0.808. The summed E-state index contributed by atoms with van der Waals surface area (Å²) in [5.74, 6) is 3.42. The van der Waals surface area contributed by atoms with Crippen LogP contribution in [0.4, 0.5) is 11.8 Å². The van der Waals surface area contributed by atoms with Gasteiger partial charge in [0.25, 0.3) is 0 Å². The number of nitrogens with zero attached hydrogens (tertiary/aromatic N) is 5. The Morgan fingerprint density at radius 3 is 1.97 bits per heavy atom. The van der Waals surface area contributed by atoms with E-state index in [4.69, 9.17) is 38.3 Å². The van der Waals surface area contributed by atoms with Gasteiger partial charge in [0.15, 0.2) is 19.2 Å². The number of ether oxygens (including phenoxy) is 4. The van der Waals surface area contributed by atoms with E-state index in [2.05, 4.69) is 49.3 Å². The number of pyridine rings is 3. The Hall–Kier alpha value is -4.51. The quantitative estimate of drug-likeness (QED) is 0.0369. The molecule has 0 aromatic carbocycles. The first kappa shape index (κ1) is 50.9. The lowest BCUT2D eigenvalue weighted by molar-refractivity contribution is 0.00446. The van der Waals surface area contributed by atoms with Gasteiger partial charge < -0.3 is 49.3 Å². The van der Waals surface area contributed by atoms with Crippen molar-refractivity contribution in [2.24, 2.45) is 11.8 Å². The van der Waals surface area contributed by atoms with Gasteiger partial charge in [-0.1, -0.05) is 12.1 Å². The molecule has 7 aromatic rings. The molecule has 352 valence electrons. The summed E-state index contributed by atoms with van der Waals surface area (Å²) in [4.78, 5) is 25.2. The molecule has 19 heteroatoms. The third kappa shape index (κ3) is 12.9. The Morgan fingerprint density at radius 1 is 0.758 bits per heavy atom. The molecule has 5 N–H and O–H groups in total. The summed E-state index contributed by atoms with van der Waals surface area (Å²) in [6, 6.07) is 19.3. The highest BCUT2D eigenvalue weighted by molar-refractivity contribution is 14.1. The second-order valence-electron chi connectivity index (χ2n) is 15.8. The second-order valence-corrected chi connectivity index (χ2v) is 18.8. The Morgan fingerprint density at radius 2 is 1.39 bits per heavy atom. The number of aliphatic hydroxyl groups excluding tert-OH is 3. The van der Waals surface area contributed by atoms with Crippen molar-refractivity contribution in [2.45, 2.75) is 65.2 Å². The molecule has 2 fully saturated rings. The van der Waals surface area contributed by atoms with Crippen LogP contribution >= 0.6 is 57.7 Å². The highest BCUT2D eigenvalue weighted by Gasteiger charge is 2.41. The molecule has 2 aliphatic carbocycles. The summed E-state index contributed by atoms with van der Waals surface area (Å²) in [7, 11) is 3.19. The predicted molar refractivity (Wildman–Crippen MR) is 270 cm³/mol. The van der Waals surface area contributed by atoms with Crippen molar-refractivity contribution in [2.75, 3.05) is 51.6 Å². The van der Waals surface area contributed by atoms with E-state index in [0.717, 1.165) is 66.2 Å². The van der Waals surface area contributed by atoms with Crippen molar-refractivity contribution in [3.63, 3.8) is 0 Å². The topological polar surface area (TPSA) is 199 Å². The Kier molecular flexibility index (Phi) is 18.5. The number of aryl methyl sites for hydroxylation is 4. The van der Waals surface area contributed by atoms with Gasteiger partial charge in [0, 0.05) is 38.7 Å². The zero-order chi connectivity index (χ0) is 46.0. The molecule has 0 unspecified atom stereocenters. The molecule has 7 heterocycles. The Bertz CT molecular complexity index is 2640. The van der Waals surface area contributed by atoms with Crippen LogP contribution in [-0.4, -0.2) is 99.4 Å². The number of methoxy groups -OCH3 is 2. The number of aliphatic hydroxyl groups is 3. The molecule has 2 aliphatic rings. The van der Waals surface area contributed by atoms with Crippen molar-refractivity contribution >= 4 is 80.4 Å². The molecular formula is C47H55ClIN7O8S2. The van der Waals surface area contributed by atoms with Crippen LogP contribution in [0.1, 0.15) is 42.0 Å². The van der Waals surface area contributed by atoms with Gasteiger partial charge in [-0.3, -0.25) is 0 Å². The van der Waals surface area contributed by atoms with Gasteiger partial charge in [0.2, 0.25) is 5.95 Å². The van der Waals surface area contributed by atoms with E-state index in [1.54, 1.807) is 36.9 Å². The summed E-state index contributed by atoms with van der Waals surface area (Å²) >= 11 is 5.48. The number of hydrogen-bond acceptors (Lipinski definition) is 17. The lowest BCUT2D eigenvalue weighted by Gasteiger charge is -2.21. The third-order valence-corrected chi connectivity index (χ3v) is 13.2. The minimum atomic E-state index is -1.03. The number of anilines is 2. The molecule has 0 aliphatic heterocycles. The maximum atomic E-state index is 10.7. The average molecular weight is 1070 g/mol. The smallest absolute Gasteiger partial charge is 0.224 e. The first-order chi connectivity index (χ1) is 31.5. The maximum Gasteiger partial charge on any atom is 0.224 e. The number of fused-ring (bicyclic) bond motifs is 1. The van der Waals surface area contributed by atoms with E-state index in [-0.39, 0.29) is 32.6 Å². The average Bonchev–Trinajstić information content (AvgIpc) is 3.70. The number of halogens is 2.